The van der Waals surface area contributed by atoms with E-state index in [1.807, 2.05) is 4.90 Å². The molecule has 3 aromatic carbocycles. The SMILES string of the molecule is O=C(N=C1CCN(c2nc(-c3ccccc3O)nc3ccc(F)cc23)C1)C(O)c1ccc(F)cc1. The molecule has 9 heteroatoms. The van der Waals surface area contributed by atoms with Crippen LogP contribution in [0, 0.1) is 11.6 Å². The molecular weight excluding hydrogens is 454 g/mol. The first-order valence-electron chi connectivity index (χ1n) is 10.9. The first kappa shape index (κ1) is 22.5. The van der Waals surface area contributed by atoms with Crippen molar-refractivity contribution in [2.45, 2.75) is 12.5 Å². The Morgan fingerprint density at radius 2 is 1.74 bits per heavy atom. The number of fused-ring (bicyclic) bond motifs is 1. The van der Waals surface area contributed by atoms with Gasteiger partial charge in [-0.25, -0.2) is 23.7 Å². The van der Waals surface area contributed by atoms with Gasteiger partial charge in [0, 0.05) is 24.1 Å². The van der Waals surface area contributed by atoms with Crippen LogP contribution in [0.5, 0.6) is 5.75 Å². The molecule has 0 radical (unpaired) electrons. The van der Waals surface area contributed by atoms with Crippen LogP contribution in [0.25, 0.3) is 22.3 Å². The zero-order valence-corrected chi connectivity index (χ0v) is 18.4. The molecule has 2 heterocycles. The standard InChI is InChI=1S/C26H20F2N4O3/c27-16-7-5-15(6-8-16)23(34)26(35)29-18-11-12-32(14-18)25-20-13-17(28)9-10-21(20)30-24(31-25)19-3-1-2-4-22(19)33/h1-10,13,23,33-34H,11-12,14H2. The van der Waals surface area contributed by atoms with Crippen molar-refractivity contribution in [1.82, 2.24) is 9.97 Å². The minimum absolute atomic E-state index is 0.0176. The molecule has 1 aliphatic heterocycles. The lowest BCUT2D eigenvalue weighted by Gasteiger charge is -2.19. The zero-order valence-electron chi connectivity index (χ0n) is 18.4. The summed E-state index contributed by atoms with van der Waals surface area (Å²) < 4.78 is 27.2. The minimum Gasteiger partial charge on any atom is -0.507 e. The highest BCUT2D eigenvalue weighted by Gasteiger charge is 2.25. The van der Waals surface area contributed by atoms with Crippen LogP contribution in [0.4, 0.5) is 14.6 Å². The Balaban J connectivity index is 1.46. The van der Waals surface area contributed by atoms with Gasteiger partial charge < -0.3 is 15.1 Å². The number of benzene rings is 3. The molecule has 7 nitrogen and oxygen atoms in total. The molecule has 2 N–H and O–H groups in total. The fraction of sp³-hybridized carbons (Fsp3) is 0.154. The van der Waals surface area contributed by atoms with Gasteiger partial charge in [-0.3, -0.25) is 4.79 Å². The predicted octanol–water partition coefficient (Wildman–Crippen LogP) is 4.19. The van der Waals surface area contributed by atoms with Gasteiger partial charge >= 0.3 is 0 Å². The van der Waals surface area contributed by atoms with Gasteiger partial charge in [0.2, 0.25) is 0 Å². The van der Waals surface area contributed by atoms with Crippen molar-refractivity contribution in [1.29, 1.82) is 0 Å². The summed E-state index contributed by atoms with van der Waals surface area (Å²) in [6.45, 7) is 0.701. The van der Waals surface area contributed by atoms with Crippen molar-refractivity contribution in [2.24, 2.45) is 4.99 Å². The van der Waals surface area contributed by atoms with Crippen LogP contribution in [-0.4, -0.2) is 44.9 Å². The van der Waals surface area contributed by atoms with Crippen molar-refractivity contribution in [3.63, 3.8) is 0 Å². The molecule has 35 heavy (non-hydrogen) atoms. The Morgan fingerprint density at radius 1 is 1.00 bits per heavy atom. The highest BCUT2D eigenvalue weighted by Crippen LogP contribution is 2.33. The van der Waals surface area contributed by atoms with Crippen LogP contribution in [0.3, 0.4) is 0 Å². The topological polar surface area (TPSA) is 98.9 Å². The van der Waals surface area contributed by atoms with Gasteiger partial charge in [0.05, 0.1) is 17.6 Å². The van der Waals surface area contributed by atoms with Crippen molar-refractivity contribution in [2.75, 3.05) is 18.0 Å². The number of carbonyl (C=O) groups is 1. The molecule has 1 aliphatic rings. The number of amides is 1. The Morgan fingerprint density at radius 3 is 2.51 bits per heavy atom. The maximum atomic E-state index is 14.1. The number of rotatable bonds is 4. The molecule has 1 saturated heterocycles. The van der Waals surface area contributed by atoms with Crippen LogP contribution in [0.15, 0.2) is 71.7 Å². The van der Waals surface area contributed by atoms with E-state index in [0.29, 0.717) is 41.0 Å². The van der Waals surface area contributed by atoms with Gasteiger partial charge in [-0.15, -0.1) is 0 Å². The quantitative estimate of drug-likeness (QED) is 0.460. The second-order valence-corrected chi connectivity index (χ2v) is 8.19. The third-order valence-electron chi connectivity index (χ3n) is 5.81. The molecule has 1 amide bonds. The zero-order chi connectivity index (χ0) is 24.5. The van der Waals surface area contributed by atoms with Crippen molar-refractivity contribution in [3.8, 4) is 17.1 Å². The molecule has 0 aliphatic carbocycles. The maximum Gasteiger partial charge on any atom is 0.279 e. The third kappa shape index (κ3) is 4.58. The number of aliphatic hydroxyl groups excluding tert-OH is 1. The smallest absolute Gasteiger partial charge is 0.279 e. The van der Waals surface area contributed by atoms with E-state index in [1.54, 1.807) is 24.3 Å². The number of halogens is 2. The average molecular weight is 474 g/mol. The van der Waals surface area contributed by atoms with E-state index in [4.69, 9.17) is 0 Å². The van der Waals surface area contributed by atoms with Crippen molar-refractivity contribution in [3.05, 3.63) is 83.9 Å². The number of aliphatic hydroxyl groups is 1. The van der Waals surface area contributed by atoms with E-state index in [9.17, 15) is 23.8 Å². The lowest BCUT2D eigenvalue weighted by Crippen LogP contribution is -2.22. The van der Waals surface area contributed by atoms with E-state index >= 15 is 0 Å². The molecule has 1 atom stereocenters. The maximum absolute atomic E-state index is 14.1. The summed E-state index contributed by atoms with van der Waals surface area (Å²) in [5, 5.41) is 21.1. The summed E-state index contributed by atoms with van der Waals surface area (Å²) >= 11 is 0. The van der Waals surface area contributed by atoms with E-state index in [0.717, 1.165) is 12.1 Å². The summed E-state index contributed by atoms with van der Waals surface area (Å²) in [5.74, 6) is -0.910. The number of anilines is 1. The van der Waals surface area contributed by atoms with Gasteiger partial charge in [0.15, 0.2) is 11.9 Å². The van der Waals surface area contributed by atoms with E-state index < -0.39 is 23.6 Å². The van der Waals surface area contributed by atoms with E-state index in [2.05, 4.69) is 15.0 Å². The molecule has 0 spiro atoms. The molecule has 0 bridgehead atoms. The largest absolute Gasteiger partial charge is 0.507 e. The number of aromatic hydroxyl groups is 1. The Kier molecular flexibility index (Phi) is 5.92. The monoisotopic (exact) mass is 474 g/mol. The minimum atomic E-state index is -1.50. The molecular formula is C26H20F2N4O3. The van der Waals surface area contributed by atoms with Gasteiger partial charge in [-0.1, -0.05) is 24.3 Å². The number of aliphatic imine (C=N–C) groups is 1. The summed E-state index contributed by atoms with van der Waals surface area (Å²) in [6, 6.07) is 15.9. The number of hydrogen-bond acceptors (Lipinski definition) is 6. The molecule has 0 saturated carbocycles. The summed E-state index contributed by atoms with van der Waals surface area (Å²) in [7, 11) is 0. The fourth-order valence-corrected chi connectivity index (χ4v) is 4.03. The van der Waals surface area contributed by atoms with Crippen LogP contribution in [-0.2, 0) is 4.79 Å². The number of hydrogen-bond donors (Lipinski definition) is 2. The number of phenolic OH excluding ortho intramolecular Hbond substituents is 1. The Hall–Kier alpha value is -4.24. The van der Waals surface area contributed by atoms with E-state index in [1.165, 1.54) is 30.3 Å². The molecule has 1 unspecified atom stereocenters. The van der Waals surface area contributed by atoms with Crippen molar-refractivity contribution >= 4 is 28.3 Å². The summed E-state index contributed by atoms with van der Waals surface area (Å²) in [4.78, 5) is 27.6. The molecule has 1 aromatic heterocycles. The predicted molar refractivity (Wildman–Crippen MR) is 127 cm³/mol. The lowest BCUT2D eigenvalue weighted by atomic mass is 10.1. The average Bonchev–Trinajstić information content (AvgIpc) is 3.32. The number of para-hydroxylation sites is 1. The van der Waals surface area contributed by atoms with E-state index in [-0.39, 0.29) is 23.7 Å². The normalized spacial score (nSPS) is 15.6. The number of aromatic nitrogens is 2. The second kappa shape index (κ2) is 9.19. The highest BCUT2D eigenvalue weighted by molar-refractivity contribution is 6.03. The van der Waals surface area contributed by atoms with Crippen molar-refractivity contribution < 1.29 is 23.8 Å². The lowest BCUT2D eigenvalue weighted by molar-refractivity contribution is -0.126. The molecule has 4 aromatic rings. The number of carbonyl (C=O) groups excluding carboxylic acids is 1. The molecule has 5 rings (SSSR count). The fourth-order valence-electron chi connectivity index (χ4n) is 4.03. The number of phenols is 1. The van der Waals surface area contributed by atoms with Crippen LogP contribution in [0.1, 0.15) is 18.1 Å². The molecule has 1 fully saturated rings. The Labute approximate surface area is 199 Å². The summed E-state index contributed by atoms with van der Waals surface area (Å²) in [6.07, 6.45) is -1.06. The molecule has 176 valence electrons. The number of nitrogens with zero attached hydrogens (tertiary/aromatic N) is 4. The summed E-state index contributed by atoms with van der Waals surface area (Å²) in [5.41, 5.74) is 1.72. The van der Waals surface area contributed by atoms with Gasteiger partial charge in [0.1, 0.15) is 23.2 Å². The van der Waals surface area contributed by atoms with Gasteiger partial charge in [-0.2, -0.15) is 0 Å². The Bertz CT molecular complexity index is 1460. The second-order valence-electron chi connectivity index (χ2n) is 8.19. The van der Waals surface area contributed by atoms with Crippen LogP contribution >= 0.6 is 0 Å². The van der Waals surface area contributed by atoms with Crippen LogP contribution in [0.2, 0.25) is 0 Å². The first-order valence-corrected chi connectivity index (χ1v) is 10.9. The first-order chi connectivity index (χ1) is 16.9. The third-order valence-corrected chi connectivity index (χ3v) is 5.81. The highest BCUT2D eigenvalue weighted by atomic mass is 19.1. The van der Waals surface area contributed by atoms with Gasteiger partial charge in [0.25, 0.3) is 5.91 Å². The van der Waals surface area contributed by atoms with Crippen LogP contribution < -0.4 is 4.90 Å². The van der Waals surface area contributed by atoms with Gasteiger partial charge in [-0.05, 0) is 48.0 Å².